The molecule has 1 saturated heterocycles. The van der Waals surface area contributed by atoms with Crippen molar-refractivity contribution >= 4 is 23.4 Å². The number of piperidine rings is 1. The third kappa shape index (κ3) is 4.52. The number of hydrogen-bond acceptors (Lipinski definition) is 5. The zero-order valence-corrected chi connectivity index (χ0v) is 19.4. The Morgan fingerprint density at radius 3 is 2.73 bits per heavy atom. The van der Waals surface area contributed by atoms with E-state index in [-0.39, 0.29) is 30.0 Å². The van der Waals surface area contributed by atoms with Crippen LogP contribution in [0.4, 0.5) is 10.1 Å². The molecule has 3 atom stereocenters. The second-order valence-corrected chi connectivity index (χ2v) is 10.0. The zero-order chi connectivity index (χ0) is 22.9. The van der Waals surface area contributed by atoms with E-state index in [0.29, 0.717) is 18.5 Å². The molecule has 4 aliphatic rings. The van der Waals surface area contributed by atoms with Gasteiger partial charge in [-0.25, -0.2) is 4.39 Å². The Labute approximate surface area is 195 Å². The number of nitrogens with zero attached hydrogens (tertiary/aromatic N) is 1. The van der Waals surface area contributed by atoms with E-state index in [1.165, 1.54) is 12.6 Å². The molecule has 2 aliphatic heterocycles. The summed E-state index contributed by atoms with van der Waals surface area (Å²) in [5, 5.41) is 14.4. The predicted octanol–water partition coefficient (Wildman–Crippen LogP) is 3.98. The summed E-state index contributed by atoms with van der Waals surface area (Å²) in [5.41, 5.74) is 3.56. The highest BCUT2D eigenvalue weighted by Gasteiger charge is 2.39. The number of halogens is 1. The maximum atomic E-state index is 14.3. The lowest BCUT2D eigenvalue weighted by atomic mass is 9.90. The second-order valence-electron chi connectivity index (χ2n) is 10.0. The van der Waals surface area contributed by atoms with Gasteiger partial charge in [0.1, 0.15) is 11.9 Å². The smallest absolute Gasteiger partial charge is 0.230 e. The van der Waals surface area contributed by atoms with Gasteiger partial charge in [-0.05, 0) is 77.0 Å². The third-order valence-electron chi connectivity index (χ3n) is 7.58. The average molecular weight is 455 g/mol. The first-order chi connectivity index (χ1) is 16.1. The number of nitrogens with one attached hydrogen (secondary N) is 3. The van der Waals surface area contributed by atoms with Crippen molar-refractivity contribution in [3.63, 3.8) is 0 Å². The summed E-state index contributed by atoms with van der Waals surface area (Å²) in [7, 11) is 0. The Hall–Kier alpha value is -2.41. The lowest BCUT2D eigenvalue weighted by molar-refractivity contribution is -0.120. The molecule has 2 heterocycles. The summed E-state index contributed by atoms with van der Waals surface area (Å²) >= 11 is 0. The van der Waals surface area contributed by atoms with E-state index >= 15 is 0 Å². The number of hydrogen-bond donors (Lipinski definition) is 3. The molecule has 178 valence electrons. The Kier molecular flexibility index (Phi) is 6.41. The molecule has 1 aromatic carbocycles. The van der Waals surface area contributed by atoms with Crippen LogP contribution in [0.3, 0.4) is 0 Å². The highest BCUT2D eigenvalue weighted by molar-refractivity contribution is 6.10. The average Bonchev–Trinajstić information content (AvgIpc) is 3.63. The number of fused-ring (bicyclic) bond motifs is 1. The van der Waals surface area contributed by atoms with Gasteiger partial charge < -0.3 is 25.7 Å². The van der Waals surface area contributed by atoms with E-state index in [9.17, 15) is 9.18 Å². The van der Waals surface area contributed by atoms with Crippen LogP contribution in [-0.2, 0) is 11.2 Å². The standard InChI is InChI=1S/C26H35FN4O2/c1-16-5-8-21-24(31(16)26(32)17-6-7-17)10-9-20(25(21)33-19-3-2-4-19)18(13-28)14-30-23-11-12-29-15-22(23)27/h9-10,13-14,16-17,19,22-23,28-30H,2-8,11-12,15H2,1H3/b18-14+,28-13?/t16-,22-,23+/m0/s1. The summed E-state index contributed by atoms with van der Waals surface area (Å²) in [6.45, 7) is 3.26. The summed E-state index contributed by atoms with van der Waals surface area (Å²) in [5.74, 6) is 1.19. The molecule has 1 aromatic rings. The lowest BCUT2D eigenvalue weighted by Gasteiger charge is -2.38. The first-order valence-corrected chi connectivity index (χ1v) is 12.5. The van der Waals surface area contributed by atoms with Crippen LogP contribution in [-0.4, -0.2) is 49.6 Å². The van der Waals surface area contributed by atoms with E-state index in [0.717, 1.165) is 67.6 Å². The summed E-state index contributed by atoms with van der Waals surface area (Å²) in [6.07, 6.45) is 9.96. The number of carbonyl (C=O) groups excluding carboxylic acids is 1. The van der Waals surface area contributed by atoms with Gasteiger partial charge in [0.2, 0.25) is 5.91 Å². The van der Waals surface area contributed by atoms with Crippen LogP contribution in [0.5, 0.6) is 5.75 Å². The van der Waals surface area contributed by atoms with Crippen molar-refractivity contribution in [2.75, 3.05) is 18.0 Å². The van der Waals surface area contributed by atoms with Gasteiger partial charge in [0, 0.05) is 47.6 Å². The van der Waals surface area contributed by atoms with Crippen molar-refractivity contribution in [3.05, 3.63) is 29.5 Å². The Morgan fingerprint density at radius 2 is 2.06 bits per heavy atom. The molecule has 33 heavy (non-hydrogen) atoms. The fraction of sp³-hybridized carbons (Fsp3) is 0.615. The Balaban J connectivity index is 1.50. The van der Waals surface area contributed by atoms with Crippen molar-refractivity contribution in [3.8, 4) is 5.75 Å². The van der Waals surface area contributed by atoms with Crippen LogP contribution in [0.1, 0.15) is 63.0 Å². The normalized spacial score (nSPS) is 28.0. The molecule has 0 bridgehead atoms. The largest absolute Gasteiger partial charge is 0.489 e. The van der Waals surface area contributed by atoms with Crippen LogP contribution in [0, 0.1) is 11.3 Å². The number of rotatable bonds is 7. The summed E-state index contributed by atoms with van der Waals surface area (Å²) < 4.78 is 20.8. The van der Waals surface area contributed by atoms with E-state index in [4.69, 9.17) is 10.1 Å². The molecule has 6 nitrogen and oxygen atoms in total. The minimum atomic E-state index is -0.959. The molecule has 3 N–H and O–H groups in total. The molecule has 3 fully saturated rings. The molecule has 0 radical (unpaired) electrons. The van der Waals surface area contributed by atoms with Crippen LogP contribution < -0.4 is 20.3 Å². The van der Waals surface area contributed by atoms with Gasteiger partial charge in [0.15, 0.2) is 0 Å². The van der Waals surface area contributed by atoms with Gasteiger partial charge in [-0.3, -0.25) is 4.79 Å². The molecular weight excluding hydrogens is 419 g/mol. The predicted molar refractivity (Wildman–Crippen MR) is 129 cm³/mol. The molecule has 5 rings (SSSR count). The number of carbonyl (C=O) groups is 1. The minimum Gasteiger partial charge on any atom is -0.489 e. The number of amides is 1. The molecule has 0 spiro atoms. The highest BCUT2D eigenvalue weighted by atomic mass is 19.1. The Morgan fingerprint density at radius 1 is 1.24 bits per heavy atom. The van der Waals surface area contributed by atoms with Crippen LogP contribution in [0.2, 0.25) is 0 Å². The number of alkyl halides is 1. The molecule has 0 aromatic heterocycles. The maximum absolute atomic E-state index is 14.3. The lowest BCUT2D eigenvalue weighted by Crippen LogP contribution is -2.47. The molecule has 7 heteroatoms. The van der Waals surface area contributed by atoms with Gasteiger partial charge in [-0.1, -0.05) is 0 Å². The number of ether oxygens (including phenoxy) is 1. The molecular formula is C26H35FN4O2. The molecule has 2 aliphatic carbocycles. The van der Waals surface area contributed by atoms with Gasteiger partial charge in [-0.2, -0.15) is 0 Å². The van der Waals surface area contributed by atoms with Crippen LogP contribution >= 0.6 is 0 Å². The summed E-state index contributed by atoms with van der Waals surface area (Å²) in [4.78, 5) is 15.1. The van der Waals surface area contributed by atoms with Crippen molar-refractivity contribution in [1.82, 2.24) is 10.6 Å². The monoisotopic (exact) mass is 454 g/mol. The fourth-order valence-corrected chi connectivity index (χ4v) is 5.09. The van der Waals surface area contributed by atoms with Gasteiger partial charge in [-0.15, -0.1) is 0 Å². The van der Waals surface area contributed by atoms with E-state index < -0.39 is 6.17 Å². The first kappa shape index (κ1) is 22.4. The molecule has 0 unspecified atom stereocenters. The third-order valence-corrected chi connectivity index (χ3v) is 7.58. The van der Waals surface area contributed by atoms with Crippen molar-refractivity contribution in [2.45, 2.75) is 82.6 Å². The summed E-state index contributed by atoms with van der Waals surface area (Å²) in [6, 6.07) is 3.91. The van der Waals surface area contributed by atoms with Crippen LogP contribution in [0.15, 0.2) is 18.3 Å². The van der Waals surface area contributed by atoms with Gasteiger partial charge >= 0.3 is 0 Å². The van der Waals surface area contributed by atoms with Gasteiger partial charge in [0.25, 0.3) is 0 Å². The van der Waals surface area contributed by atoms with Crippen molar-refractivity contribution < 1.29 is 13.9 Å². The molecule has 2 saturated carbocycles. The van der Waals surface area contributed by atoms with Crippen molar-refractivity contribution in [2.24, 2.45) is 5.92 Å². The zero-order valence-electron chi connectivity index (χ0n) is 19.4. The highest BCUT2D eigenvalue weighted by Crippen LogP contribution is 2.44. The van der Waals surface area contributed by atoms with Crippen LogP contribution in [0.25, 0.3) is 5.57 Å². The SMILES string of the molecule is C[C@H]1CCc2c(ccc(/C(C=N)=C/N[C@@H]3CCNC[C@@H]3F)c2OC2CCC2)N1C(=O)C1CC1. The fourth-order valence-electron chi connectivity index (χ4n) is 5.09. The van der Waals surface area contributed by atoms with Crippen molar-refractivity contribution in [1.29, 1.82) is 5.41 Å². The van der Waals surface area contributed by atoms with E-state index in [2.05, 4.69) is 17.6 Å². The minimum absolute atomic E-state index is 0.161. The quantitative estimate of drug-likeness (QED) is 0.545. The Bertz CT molecular complexity index is 940. The maximum Gasteiger partial charge on any atom is 0.230 e. The van der Waals surface area contributed by atoms with E-state index in [1.807, 2.05) is 17.0 Å². The van der Waals surface area contributed by atoms with Gasteiger partial charge in [0.05, 0.1) is 17.8 Å². The number of benzene rings is 1. The molecule has 1 amide bonds. The second kappa shape index (κ2) is 9.45. The number of anilines is 1. The topological polar surface area (TPSA) is 77.5 Å². The number of allylic oxidation sites excluding steroid dienone is 1. The van der Waals surface area contributed by atoms with E-state index in [1.54, 1.807) is 6.20 Å². The first-order valence-electron chi connectivity index (χ1n) is 12.5.